The van der Waals surface area contributed by atoms with Gasteiger partial charge < -0.3 is 10.1 Å². The van der Waals surface area contributed by atoms with Gasteiger partial charge in [0.2, 0.25) is 5.82 Å². The second kappa shape index (κ2) is 8.03. The van der Waals surface area contributed by atoms with Crippen molar-refractivity contribution in [3.05, 3.63) is 66.2 Å². The molecule has 0 saturated carbocycles. The normalized spacial score (nSPS) is 16.6. The molecule has 1 N–H and O–H groups in total. The number of fused-ring (bicyclic) bond motifs is 1. The minimum absolute atomic E-state index is 0.107. The first kappa shape index (κ1) is 18.4. The van der Waals surface area contributed by atoms with Crippen molar-refractivity contribution in [3.63, 3.8) is 0 Å². The molecule has 5 rings (SSSR count). The quantitative estimate of drug-likeness (QED) is 0.550. The maximum absolute atomic E-state index is 12.8. The standard InChI is InChI=1S/C21H21N7O2/c29-21(20-22-14-27(25-20)13-15-7-2-1-3-8-15)23-16-9-6-10-17-19(16)28(26-24-17)18-11-4-5-12-30-18/h1-3,6-10,14,18H,4-5,11-13H2,(H,23,29). The lowest BCUT2D eigenvalue weighted by molar-refractivity contribution is -0.0376. The second-order valence-electron chi connectivity index (χ2n) is 7.23. The highest BCUT2D eigenvalue weighted by Crippen LogP contribution is 2.29. The van der Waals surface area contributed by atoms with E-state index in [1.165, 1.54) is 0 Å². The molecule has 2 aromatic heterocycles. The molecule has 3 heterocycles. The van der Waals surface area contributed by atoms with E-state index >= 15 is 0 Å². The third-order valence-corrected chi connectivity index (χ3v) is 5.10. The summed E-state index contributed by atoms with van der Waals surface area (Å²) in [6.45, 7) is 1.25. The number of carbonyl (C=O) groups is 1. The fraction of sp³-hybridized carbons (Fsp3) is 0.286. The van der Waals surface area contributed by atoms with Gasteiger partial charge in [-0.15, -0.1) is 10.2 Å². The van der Waals surface area contributed by atoms with E-state index in [2.05, 4.69) is 25.7 Å². The van der Waals surface area contributed by atoms with Gasteiger partial charge in [0.25, 0.3) is 5.91 Å². The van der Waals surface area contributed by atoms with E-state index in [9.17, 15) is 4.79 Å². The Kier molecular flexibility index (Phi) is 4.94. The summed E-state index contributed by atoms with van der Waals surface area (Å²) in [6, 6.07) is 15.4. The molecule has 30 heavy (non-hydrogen) atoms. The molecule has 9 nitrogen and oxygen atoms in total. The molecule has 0 spiro atoms. The molecule has 1 unspecified atom stereocenters. The maximum Gasteiger partial charge on any atom is 0.295 e. The third-order valence-electron chi connectivity index (χ3n) is 5.10. The van der Waals surface area contributed by atoms with Crippen molar-refractivity contribution in [1.82, 2.24) is 29.8 Å². The Labute approximate surface area is 172 Å². The van der Waals surface area contributed by atoms with Crippen molar-refractivity contribution in [1.29, 1.82) is 0 Å². The lowest BCUT2D eigenvalue weighted by Gasteiger charge is -2.23. The van der Waals surface area contributed by atoms with Gasteiger partial charge in [-0.1, -0.05) is 41.6 Å². The predicted octanol–water partition coefficient (Wildman–Crippen LogP) is 3.02. The van der Waals surface area contributed by atoms with E-state index in [0.717, 1.165) is 30.3 Å². The number of benzene rings is 2. The van der Waals surface area contributed by atoms with E-state index < -0.39 is 0 Å². The van der Waals surface area contributed by atoms with Crippen LogP contribution in [0.1, 0.15) is 41.7 Å². The first-order chi connectivity index (χ1) is 14.8. The highest BCUT2D eigenvalue weighted by molar-refractivity contribution is 6.05. The lowest BCUT2D eigenvalue weighted by Crippen LogP contribution is -2.20. The Morgan fingerprint density at radius 3 is 2.87 bits per heavy atom. The molecule has 1 saturated heterocycles. The number of para-hydroxylation sites is 1. The maximum atomic E-state index is 12.8. The lowest BCUT2D eigenvalue weighted by atomic mass is 10.2. The number of anilines is 1. The van der Waals surface area contributed by atoms with Gasteiger partial charge in [-0.05, 0) is 37.0 Å². The Bertz CT molecular complexity index is 1160. The molecule has 1 atom stereocenters. The molecule has 4 aromatic rings. The minimum Gasteiger partial charge on any atom is -0.356 e. The van der Waals surface area contributed by atoms with E-state index in [1.54, 1.807) is 15.7 Å². The van der Waals surface area contributed by atoms with Crippen LogP contribution in [0.5, 0.6) is 0 Å². The van der Waals surface area contributed by atoms with Crippen molar-refractivity contribution in [2.24, 2.45) is 0 Å². The zero-order valence-electron chi connectivity index (χ0n) is 16.3. The van der Waals surface area contributed by atoms with Gasteiger partial charge in [-0.2, -0.15) is 0 Å². The van der Waals surface area contributed by atoms with Crippen molar-refractivity contribution < 1.29 is 9.53 Å². The van der Waals surface area contributed by atoms with Crippen molar-refractivity contribution in [2.45, 2.75) is 32.0 Å². The number of ether oxygens (including phenoxy) is 1. The molecule has 0 bridgehead atoms. The summed E-state index contributed by atoms with van der Waals surface area (Å²) in [7, 11) is 0. The average Bonchev–Trinajstić information content (AvgIpc) is 3.43. The molecule has 1 aliphatic rings. The third kappa shape index (κ3) is 3.67. The zero-order valence-corrected chi connectivity index (χ0v) is 16.3. The molecule has 0 radical (unpaired) electrons. The van der Waals surface area contributed by atoms with Crippen LogP contribution in [-0.2, 0) is 11.3 Å². The van der Waals surface area contributed by atoms with Crippen molar-refractivity contribution in [3.8, 4) is 0 Å². The molecule has 152 valence electrons. The van der Waals surface area contributed by atoms with Crippen LogP contribution in [-0.4, -0.2) is 42.3 Å². The second-order valence-corrected chi connectivity index (χ2v) is 7.23. The number of hydrogen-bond donors (Lipinski definition) is 1. The van der Waals surface area contributed by atoms with Gasteiger partial charge in [0.05, 0.1) is 12.2 Å². The van der Waals surface area contributed by atoms with Crippen LogP contribution in [0.15, 0.2) is 54.9 Å². The predicted molar refractivity (Wildman–Crippen MR) is 110 cm³/mol. The summed E-state index contributed by atoms with van der Waals surface area (Å²) >= 11 is 0. The van der Waals surface area contributed by atoms with Gasteiger partial charge >= 0.3 is 0 Å². The fourth-order valence-corrected chi connectivity index (χ4v) is 3.64. The molecular formula is C21H21N7O2. The first-order valence-corrected chi connectivity index (χ1v) is 9.98. The van der Waals surface area contributed by atoms with Crippen LogP contribution in [0.3, 0.4) is 0 Å². The number of aromatic nitrogens is 6. The van der Waals surface area contributed by atoms with Crippen LogP contribution in [0.25, 0.3) is 11.0 Å². The van der Waals surface area contributed by atoms with E-state index in [4.69, 9.17) is 4.74 Å². The highest BCUT2D eigenvalue weighted by Gasteiger charge is 2.22. The Hall–Kier alpha value is -3.59. The summed E-state index contributed by atoms with van der Waals surface area (Å²) in [5.41, 5.74) is 3.13. The summed E-state index contributed by atoms with van der Waals surface area (Å²) in [5, 5.41) is 15.7. The molecule has 2 aromatic carbocycles. The number of amides is 1. The Morgan fingerprint density at radius 1 is 1.13 bits per heavy atom. The van der Waals surface area contributed by atoms with Crippen LogP contribution in [0.2, 0.25) is 0 Å². The van der Waals surface area contributed by atoms with Crippen LogP contribution < -0.4 is 5.32 Å². The average molecular weight is 403 g/mol. The summed E-state index contributed by atoms with van der Waals surface area (Å²) in [4.78, 5) is 17.0. The van der Waals surface area contributed by atoms with Crippen LogP contribution in [0.4, 0.5) is 5.69 Å². The number of hydrogen-bond acceptors (Lipinski definition) is 6. The topological polar surface area (TPSA) is 99.8 Å². The largest absolute Gasteiger partial charge is 0.356 e. The van der Waals surface area contributed by atoms with Crippen LogP contribution in [0, 0.1) is 0 Å². The molecule has 0 aliphatic carbocycles. The van der Waals surface area contributed by atoms with E-state index in [0.29, 0.717) is 24.4 Å². The summed E-state index contributed by atoms with van der Waals surface area (Å²) in [6.07, 6.45) is 4.37. The van der Waals surface area contributed by atoms with Crippen molar-refractivity contribution >= 4 is 22.6 Å². The van der Waals surface area contributed by atoms with Gasteiger partial charge in [0.15, 0.2) is 6.23 Å². The SMILES string of the molecule is O=C(Nc1cccc2nnn(C3CCCCO3)c12)c1ncn(Cc2ccccc2)n1. The first-order valence-electron chi connectivity index (χ1n) is 9.98. The molecular weight excluding hydrogens is 382 g/mol. The van der Waals surface area contributed by atoms with E-state index in [-0.39, 0.29) is 18.0 Å². The number of carbonyl (C=O) groups excluding carboxylic acids is 1. The van der Waals surface area contributed by atoms with Gasteiger partial charge in [-0.25, -0.2) is 14.3 Å². The summed E-state index contributed by atoms with van der Waals surface area (Å²) < 4.78 is 9.26. The minimum atomic E-state index is -0.383. The monoisotopic (exact) mass is 403 g/mol. The van der Waals surface area contributed by atoms with Gasteiger partial charge in [-0.3, -0.25) is 4.79 Å². The molecule has 9 heteroatoms. The van der Waals surface area contributed by atoms with Gasteiger partial charge in [0.1, 0.15) is 17.4 Å². The fourth-order valence-electron chi connectivity index (χ4n) is 3.64. The molecule has 1 fully saturated rings. The van der Waals surface area contributed by atoms with Crippen molar-refractivity contribution in [2.75, 3.05) is 11.9 Å². The van der Waals surface area contributed by atoms with E-state index in [1.807, 2.05) is 48.5 Å². The molecule has 1 amide bonds. The van der Waals surface area contributed by atoms with Crippen LogP contribution >= 0.6 is 0 Å². The highest BCUT2D eigenvalue weighted by atomic mass is 16.5. The number of rotatable bonds is 5. The van der Waals surface area contributed by atoms with Gasteiger partial charge in [0, 0.05) is 6.61 Å². The molecule has 1 aliphatic heterocycles. The number of nitrogens with zero attached hydrogens (tertiary/aromatic N) is 6. The zero-order chi connectivity index (χ0) is 20.3. The number of nitrogens with one attached hydrogen (secondary N) is 1. The Morgan fingerprint density at radius 2 is 2.03 bits per heavy atom. The smallest absolute Gasteiger partial charge is 0.295 e. The summed E-state index contributed by atoms with van der Waals surface area (Å²) in [5.74, 6) is -0.275. The Balaban J connectivity index is 1.38.